The Balaban J connectivity index is 1.56. The number of ether oxygens (including phenoxy) is 2. The van der Waals surface area contributed by atoms with Crippen molar-refractivity contribution >= 4 is 29.2 Å². The molecule has 0 radical (unpaired) electrons. The van der Waals surface area contributed by atoms with Gasteiger partial charge in [0.25, 0.3) is 11.8 Å². The predicted octanol–water partition coefficient (Wildman–Crippen LogP) is 3.16. The average Bonchev–Trinajstić information content (AvgIpc) is 3.47. The van der Waals surface area contributed by atoms with Crippen LogP contribution in [-0.4, -0.2) is 18.6 Å². The third-order valence-electron chi connectivity index (χ3n) is 3.95. The van der Waals surface area contributed by atoms with E-state index in [0.717, 1.165) is 0 Å². The highest BCUT2D eigenvalue weighted by atomic mass is 32.1. The van der Waals surface area contributed by atoms with Gasteiger partial charge in [0, 0.05) is 0 Å². The minimum Gasteiger partial charge on any atom is -0.467 e. The molecule has 2 aromatic heterocycles. The van der Waals surface area contributed by atoms with Gasteiger partial charge in [-0.3, -0.25) is 9.59 Å². The number of fused-ring (bicyclic) bond motifs is 1. The van der Waals surface area contributed by atoms with Gasteiger partial charge < -0.3 is 24.5 Å². The van der Waals surface area contributed by atoms with E-state index in [-0.39, 0.29) is 24.9 Å². The summed E-state index contributed by atoms with van der Waals surface area (Å²) in [6.07, 6.45) is 3.12. The molecular weight excluding hydrogens is 380 g/mol. The van der Waals surface area contributed by atoms with E-state index in [1.54, 1.807) is 53.9 Å². The summed E-state index contributed by atoms with van der Waals surface area (Å²) < 4.78 is 15.9. The first-order chi connectivity index (χ1) is 13.7. The first-order valence-electron chi connectivity index (χ1n) is 8.46. The van der Waals surface area contributed by atoms with Crippen molar-refractivity contribution in [3.63, 3.8) is 0 Å². The molecule has 28 heavy (non-hydrogen) atoms. The summed E-state index contributed by atoms with van der Waals surface area (Å²) in [5.74, 6) is 1.06. The molecular formula is C20H16N2O5S. The summed E-state index contributed by atoms with van der Waals surface area (Å²) in [7, 11) is 0. The molecule has 0 saturated heterocycles. The van der Waals surface area contributed by atoms with Crippen LogP contribution >= 0.6 is 11.3 Å². The van der Waals surface area contributed by atoms with Crippen LogP contribution in [0.2, 0.25) is 0 Å². The van der Waals surface area contributed by atoms with Gasteiger partial charge in [0.2, 0.25) is 6.79 Å². The molecule has 0 unspecified atom stereocenters. The predicted molar refractivity (Wildman–Crippen MR) is 103 cm³/mol. The molecule has 7 nitrogen and oxygen atoms in total. The van der Waals surface area contributed by atoms with Gasteiger partial charge in [0.15, 0.2) is 11.5 Å². The van der Waals surface area contributed by atoms with E-state index in [1.807, 2.05) is 0 Å². The fraction of sp³-hybridized carbons (Fsp3) is 0.100. The summed E-state index contributed by atoms with van der Waals surface area (Å²) in [5.41, 5.74) is 0.808. The first-order valence-corrected chi connectivity index (χ1v) is 9.34. The van der Waals surface area contributed by atoms with Gasteiger partial charge >= 0.3 is 0 Å². The molecule has 142 valence electrons. The van der Waals surface area contributed by atoms with Gasteiger partial charge in [-0.15, -0.1) is 11.3 Å². The second kappa shape index (κ2) is 8.01. The molecule has 0 spiro atoms. The van der Waals surface area contributed by atoms with Crippen LogP contribution < -0.4 is 20.1 Å². The summed E-state index contributed by atoms with van der Waals surface area (Å²) >= 11 is 1.30. The molecule has 8 heteroatoms. The van der Waals surface area contributed by atoms with E-state index in [4.69, 9.17) is 13.9 Å². The normalized spacial score (nSPS) is 12.6. The molecule has 0 bridgehead atoms. The second-order valence-corrected chi connectivity index (χ2v) is 6.81. The van der Waals surface area contributed by atoms with Crippen LogP contribution in [0, 0.1) is 0 Å². The third kappa shape index (κ3) is 4.07. The number of nitrogens with one attached hydrogen (secondary N) is 2. The van der Waals surface area contributed by atoms with Crippen LogP contribution in [0.25, 0.3) is 6.08 Å². The van der Waals surface area contributed by atoms with E-state index < -0.39 is 5.91 Å². The Kier molecular flexibility index (Phi) is 5.11. The molecule has 3 heterocycles. The molecule has 1 aromatic carbocycles. The Morgan fingerprint density at radius 2 is 2.00 bits per heavy atom. The number of rotatable bonds is 6. The maximum absolute atomic E-state index is 12.7. The molecule has 0 atom stereocenters. The zero-order valence-corrected chi connectivity index (χ0v) is 15.5. The molecule has 2 N–H and O–H groups in total. The number of amides is 2. The standard InChI is InChI=1S/C20H16N2O5S/c23-19(21-11-14-3-1-7-25-14)15(22-20(24)18-4-2-8-28-18)9-13-5-6-16-17(10-13)27-12-26-16/h1-10H,11-12H2,(H,21,23)(H,22,24). The molecule has 2 amide bonds. The molecule has 1 aliphatic heterocycles. The van der Waals surface area contributed by atoms with Crippen molar-refractivity contribution in [2.45, 2.75) is 6.54 Å². The van der Waals surface area contributed by atoms with E-state index >= 15 is 0 Å². The highest BCUT2D eigenvalue weighted by molar-refractivity contribution is 7.12. The maximum atomic E-state index is 12.7. The third-order valence-corrected chi connectivity index (χ3v) is 4.82. The van der Waals surface area contributed by atoms with Gasteiger partial charge in [0.1, 0.15) is 11.5 Å². The Morgan fingerprint density at radius 3 is 2.79 bits per heavy atom. The van der Waals surface area contributed by atoms with Gasteiger partial charge in [0.05, 0.1) is 17.7 Å². The lowest BCUT2D eigenvalue weighted by Gasteiger charge is -2.10. The van der Waals surface area contributed by atoms with Crippen molar-refractivity contribution in [2.75, 3.05) is 6.79 Å². The quantitative estimate of drug-likeness (QED) is 0.625. The van der Waals surface area contributed by atoms with Crippen LogP contribution in [-0.2, 0) is 11.3 Å². The fourth-order valence-electron chi connectivity index (χ4n) is 2.60. The van der Waals surface area contributed by atoms with Crippen LogP contribution in [0.3, 0.4) is 0 Å². The lowest BCUT2D eigenvalue weighted by molar-refractivity contribution is -0.118. The Bertz CT molecular complexity index is 1010. The largest absolute Gasteiger partial charge is 0.467 e. The molecule has 1 aliphatic rings. The molecule has 3 aromatic rings. The van der Waals surface area contributed by atoms with Crippen LogP contribution in [0.4, 0.5) is 0 Å². The minimum atomic E-state index is -0.432. The Hall–Kier alpha value is -3.52. The van der Waals surface area contributed by atoms with E-state index in [0.29, 0.717) is 27.7 Å². The van der Waals surface area contributed by atoms with Crippen molar-refractivity contribution in [2.24, 2.45) is 0 Å². The minimum absolute atomic E-state index is 0.115. The van der Waals surface area contributed by atoms with E-state index in [1.165, 1.54) is 17.6 Å². The number of furan rings is 1. The van der Waals surface area contributed by atoms with Crippen molar-refractivity contribution in [3.8, 4) is 11.5 Å². The number of benzene rings is 1. The van der Waals surface area contributed by atoms with Crippen LogP contribution in [0.1, 0.15) is 21.0 Å². The van der Waals surface area contributed by atoms with Gasteiger partial charge in [-0.25, -0.2) is 0 Å². The van der Waals surface area contributed by atoms with Gasteiger partial charge in [-0.1, -0.05) is 12.1 Å². The molecule has 4 rings (SSSR count). The maximum Gasteiger partial charge on any atom is 0.268 e. The van der Waals surface area contributed by atoms with E-state index in [2.05, 4.69) is 10.6 Å². The number of thiophene rings is 1. The summed E-state index contributed by atoms with van der Waals surface area (Å²) in [6.45, 7) is 0.368. The molecule has 0 fully saturated rings. The Morgan fingerprint density at radius 1 is 1.11 bits per heavy atom. The number of hydrogen-bond acceptors (Lipinski definition) is 6. The number of carbonyl (C=O) groups excluding carboxylic acids is 2. The Labute approximate surface area is 164 Å². The molecule has 0 saturated carbocycles. The SMILES string of the molecule is O=C(NCc1ccco1)C(=Cc1ccc2c(c1)OCO2)NC(=O)c1cccs1. The number of carbonyl (C=O) groups is 2. The fourth-order valence-corrected chi connectivity index (χ4v) is 3.21. The van der Waals surface area contributed by atoms with Crippen molar-refractivity contribution in [3.05, 3.63) is 76.0 Å². The smallest absolute Gasteiger partial charge is 0.268 e. The van der Waals surface area contributed by atoms with Crippen LogP contribution in [0.5, 0.6) is 11.5 Å². The monoisotopic (exact) mass is 396 g/mol. The van der Waals surface area contributed by atoms with Gasteiger partial charge in [-0.05, 0) is 47.4 Å². The highest BCUT2D eigenvalue weighted by Gasteiger charge is 2.17. The van der Waals surface area contributed by atoms with E-state index in [9.17, 15) is 9.59 Å². The molecule has 0 aliphatic carbocycles. The first kappa shape index (κ1) is 17.9. The lowest BCUT2D eigenvalue weighted by atomic mass is 10.1. The van der Waals surface area contributed by atoms with Crippen molar-refractivity contribution in [1.82, 2.24) is 10.6 Å². The van der Waals surface area contributed by atoms with Crippen molar-refractivity contribution in [1.29, 1.82) is 0 Å². The topological polar surface area (TPSA) is 89.8 Å². The van der Waals surface area contributed by atoms with Crippen LogP contribution in [0.15, 0.2) is 64.2 Å². The summed E-state index contributed by atoms with van der Waals surface area (Å²) in [4.78, 5) is 25.6. The van der Waals surface area contributed by atoms with Gasteiger partial charge in [-0.2, -0.15) is 0 Å². The summed E-state index contributed by atoms with van der Waals surface area (Å²) in [6, 6.07) is 12.3. The van der Waals surface area contributed by atoms with Crippen molar-refractivity contribution < 1.29 is 23.5 Å². The summed E-state index contributed by atoms with van der Waals surface area (Å²) in [5, 5.41) is 7.22. The highest BCUT2D eigenvalue weighted by Crippen LogP contribution is 2.33. The lowest BCUT2D eigenvalue weighted by Crippen LogP contribution is -2.34. The second-order valence-electron chi connectivity index (χ2n) is 5.86. The average molecular weight is 396 g/mol. The zero-order valence-electron chi connectivity index (χ0n) is 14.6. The number of hydrogen-bond donors (Lipinski definition) is 2. The zero-order chi connectivity index (χ0) is 19.3.